The van der Waals surface area contributed by atoms with E-state index in [9.17, 15) is 28.8 Å². The highest BCUT2D eigenvalue weighted by Crippen LogP contribution is 2.12. The van der Waals surface area contributed by atoms with E-state index in [2.05, 4.69) is 5.32 Å². The van der Waals surface area contributed by atoms with Crippen molar-refractivity contribution < 1.29 is 52.6 Å². The molecule has 14 heteroatoms. The van der Waals surface area contributed by atoms with E-state index in [1.165, 1.54) is 12.2 Å². The van der Waals surface area contributed by atoms with E-state index in [1.54, 1.807) is 6.92 Å². The fraction of sp³-hybridized carbons (Fsp3) is 0.652. The normalized spacial score (nSPS) is 13.3. The average molecular weight is 530 g/mol. The molecule has 0 aliphatic carbocycles. The van der Waals surface area contributed by atoms with Crippen LogP contribution in [0.2, 0.25) is 0 Å². The van der Waals surface area contributed by atoms with Crippen molar-refractivity contribution in [1.82, 2.24) is 15.3 Å². The second-order valence-electron chi connectivity index (χ2n) is 7.48. The lowest BCUT2D eigenvalue weighted by atomic mass is 10.3. The third-order valence-corrected chi connectivity index (χ3v) is 4.63. The number of allylic oxidation sites excluding steroid dienone is 1. The number of hydroxylamine groups is 2. The molecular formula is C23H35N3O11. The van der Waals surface area contributed by atoms with Crippen LogP contribution < -0.4 is 5.32 Å². The molecule has 1 fully saturated rings. The predicted molar refractivity (Wildman–Crippen MR) is 125 cm³/mol. The maximum Gasteiger partial charge on any atom is 0.335 e. The van der Waals surface area contributed by atoms with Gasteiger partial charge in [-0.2, -0.15) is 0 Å². The number of hydrogen-bond donors (Lipinski definition) is 1. The van der Waals surface area contributed by atoms with Gasteiger partial charge >= 0.3 is 5.97 Å². The maximum absolute atomic E-state index is 11.7. The Hall–Kier alpha value is -3.20. The molecule has 0 bridgehead atoms. The van der Waals surface area contributed by atoms with E-state index in [1.807, 2.05) is 0 Å². The summed E-state index contributed by atoms with van der Waals surface area (Å²) in [6.07, 6.45) is 3.16. The lowest BCUT2D eigenvalue weighted by Crippen LogP contribution is -2.34. The lowest BCUT2D eigenvalue weighted by molar-refractivity contribution is -0.198. The fourth-order valence-corrected chi connectivity index (χ4v) is 2.75. The predicted octanol–water partition coefficient (Wildman–Crippen LogP) is -0.882. The Bertz CT molecular complexity index is 772. The van der Waals surface area contributed by atoms with Crippen molar-refractivity contribution >= 4 is 36.0 Å². The molecule has 1 saturated heterocycles. The van der Waals surface area contributed by atoms with Crippen molar-refractivity contribution in [2.24, 2.45) is 0 Å². The summed E-state index contributed by atoms with van der Waals surface area (Å²) < 4.78 is 21.2. The van der Waals surface area contributed by atoms with Crippen molar-refractivity contribution in [2.45, 2.75) is 32.6 Å². The van der Waals surface area contributed by atoms with Crippen LogP contribution in [0, 0.1) is 0 Å². The number of ether oxygens (including phenoxy) is 4. The van der Waals surface area contributed by atoms with Crippen LogP contribution in [0.5, 0.6) is 0 Å². The third kappa shape index (κ3) is 14.8. The Morgan fingerprint density at radius 2 is 1.41 bits per heavy atom. The Morgan fingerprint density at radius 3 is 1.95 bits per heavy atom. The largest absolute Gasteiger partial charge is 0.378 e. The molecule has 5 amide bonds. The zero-order valence-corrected chi connectivity index (χ0v) is 21.0. The molecule has 0 aromatic rings. The summed E-state index contributed by atoms with van der Waals surface area (Å²) in [6, 6.07) is 0. The topological polar surface area (TPSA) is 167 Å². The van der Waals surface area contributed by atoms with Crippen LogP contribution in [0.3, 0.4) is 0 Å². The SMILES string of the molecule is C/C=C\C(=O)N(C=O)CCC(=O)NCCOCCOCCOCCOCCC(=O)ON1C(=O)CCC1=O. The van der Waals surface area contributed by atoms with Crippen molar-refractivity contribution in [3.63, 3.8) is 0 Å². The molecule has 1 aliphatic heterocycles. The van der Waals surface area contributed by atoms with Crippen LogP contribution in [0.25, 0.3) is 0 Å². The minimum Gasteiger partial charge on any atom is -0.378 e. The van der Waals surface area contributed by atoms with E-state index < -0.39 is 23.7 Å². The van der Waals surface area contributed by atoms with Crippen molar-refractivity contribution in [3.8, 4) is 0 Å². The van der Waals surface area contributed by atoms with Crippen LogP contribution in [0.15, 0.2) is 12.2 Å². The summed E-state index contributed by atoms with van der Waals surface area (Å²) in [4.78, 5) is 74.1. The number of carbonyl (C=O) groups excluding carboxylic acids is 6. The zero-order valence-electron chi connectivity index (χ0n) is 21.0. The van der Waals surface area contributed by atoms with Crippen LogP contribution in [-0.2, 0) is 52.6 Å². The second-order valence-corrected chi connectivity index (χ2v) is 7.48. The van der Waals surface area contributed by atoms with Gasteiger partial charge in [0.25, 0.3) is 17.7 Å². The molecule has 1 aliphatic rings. The highest BCUT2D eigenvalue weighted by atomic mass is 16.7. The van der Waals surface area contributed by atoms with Crippen LogP contribution in [0.4, 0.5) is 0 Å². The quantitative estimate of drug-likeness (QED) is 0.0848. The molecule has 37 heavy (non-hydrogen) atoms. The second kappa shape index (κ2) is 19.9. The van der Waals surface area contributed by atoms with Crippen LogP contribution >= 0.6 is 0 Å². The lowest BCUT2D eigenvalue weighted by Gasteiger charge is -2.13. The zero-order chi connectivity index (χ0) is 27.3. The van der Waals surface area contributed by atoms with Gasteiger partial charge in [0.1, 0.15) is 0 Å². The number of nitrogens with one attached hydrogen (secondary N) is 1. The number of hydrogen-bond acceptors (Lipinski definition) is 11. The van der Waals surface area contributed by atoms with Gasteiger partial charge in [0.15, 0.2) is 0 Å². The number of rotatable bonds is 21. The highest BCUT2D eigenvalue weighted by molar-refractivity contribution is 6.01. The van der Waals surface area contributed by atoms with Gasteiger partial charge in [0.05, 0.1) is 59.3 Å². The van der Waals surface area contributed by atoms with Gasteiger partial charge in [-0.05, 0) is 13.0 Å². The first-order valence-electron chi connectivity index (χ1n) is 11.9. The summed E-state index contributed by atoms with van der Waals surface area (Å²) in [6.45, 7) is 4.23. The molecule has 0 aromatic heterocycles. The van der Waals surface area contributed by atoms with Crippen LogP contribution in [-0.4, -0.2) is 112 Å². The smallest absolute Gasteiger partial charge is 0.335 e. The van der Waals surface area contributed by atoms with Crippen molar-refractivity contribution in [1.29, 1.82) is 0 Å². The van der Waals surface area contributed by atoms with Gasteiger partial charge in [-0.3, -0.25) is 28.9 Å². The molecule has 1 heterocycles. The molecular weight excluding hydrogens is 494 g/mol. The summed E-state index contributed by atoms with van der Waals surface area (Å²) in [7, 11) is 0. The molecule has 0 saturated carbocycles. The number of amides is 5. The van der Waals surface area contributed by atoms with Crippen molar-refractivity contribution in [3.05, 3.63) is 12.2 Å². The van der Waals surface area contributed by atoms with E-state index in [-0.39, 0.29) is 64.5 Å². The van der Waals surface area contributed by atoms with Gasteiger partial charge in [0.2, 0.25) is 12.3 Å². The van der Waals surface area contributed by atoms with E-state index in [4.69, 9.17) is 23.8 Å². The molecule has 208 valence electrons. The summed E-state index contributed by atoms with van der Waals surface area (Å²) in [5, 5.41) is 3.13. The Morgan fingerprint density at radius 1 is 0.865 bits per heavy atom. The van der Waals surface area contributed by atoms with Gasteiger partial charge < -0.3 is 29.1 Å². The molecule has 0 spiro atoms. The highest BCUT2D eigenvalue weighted by Gasteiger charge is 2.32. The molecule has 14 nitrogen and oxygen atoms in total. The molecule has 1 N–H and O–H groups in total. The molecule has 0 radical (unpaired) electrons. The average Bonchev–Trinajstić information content (AvgIpc) is 3.18. The van der Waals surface area contributed by atoms with Crippen LogP contribution in [0.1, 0.15) is 32.6 Å². The van der Waals surface area contributed by atoms with Gasteiger partial charge in [0, 0.05) is 32.4 Å². The summed E-state index contributed by atoms with van der Waals surface area (Å²) in [5.74, 6) is -2.54. The Labute approximate surface area is 215 Å². The third-order valence-electron chi connectivity index (χ3n) is 4.63. The van der Waals surface area contributed by atoms with Gasteiger partial charge in [-0.1, -0.05) is 6.08 Å². The first kappa shape index (κ1) is 31.8. The molecule has 0 aromatic carbocycles. The van der Waals surface area contributed by atoms with Gasteiger partial charge in [-0.15, -0.1) is 5.06 Å². The van der Waals surface area contributed by atoms with E-state index in [0.29, 0.717) is 44.5 Å². The minimum atomic E-state index is -0.721. The van der Waals surface area contributed by atoms with Crippen molar-refractivity contribution in [2.75, 3.05) is 65.9 Å². The fourth-order valence-electron chi connectivity index (χ4n) is 2.75. The maximum atomic E-state index is 11.7. The summed E-state index contributed by atoms with van der Waals surface area (Å²) >= 11 is 0. The monoisotopic (exact) mass is 529 g/mol. The first-order chi connectivity index (χ1) is 17.9. The van der Waals surface area contributed by atoms with E-state index in [0.717, 1.165) is 4.90 Å². The van der Waals surface area contributed by atoms with E-state index >= 15 is 0 Å². The summed E-state index contributed by atoms with van der Waals surface area (Å²) in [5.41, 5.74) is 0. The number of carbonyl (C=O) groups is 6. The molecule has 0 unspecified atom stereocenters. The standard InChI is InChI=1S/C23H35N3O11/c1-2-3-20(29)25(18-27)9-6-19(28)24-8-11-34-13-15-36-17-16-35-14-12-33-10-7-23(32)37-26-21(30)4-5-22(26)31/h2-3,18H,4-17H2,1H3,(H,24,28)/b3-2-. The van der Waals surface area contributed by atoms with Gasteiger partial charge in [-0.25, -0.2) is 4.79 Å². The molecule has 0 atom stereocenters. The number of imide groups is 2. The Kier molecular flexibility index (Phi) is 17.1. The first-order valence-corrected chi connectivity index (χ1v) is 11.9. The molecule has 1 rings (SSSR count). The minimum absolute atomic E-state index is 0.00123. The Balaban J connectivity index is 1.85. The number of nitrogens with zero attached hydrogens (tertiary/aromatic N) is 2.